The van der Waals surface area contributed by atoms with Gasteiger partial charge >= 0.3 is 0 Å². The van der Waals surface area contributed by atoms with Crippen LogP contribution in [-0.4, -0.2) is 86.8 Å². The Hall–Kier alpha value is -3.48. The molecule has 0 fully saturated rings. The molecule has 2 aromatic heterocycles. The summed E-state index contributed by atoms with van der Waals surface area (Å²) in [6.45, 7) is 5.68. The van der Waals surface area contributed by atoms with Crippen molar-refractivity contribution in [2.45, 2.75) is 45.4 Å². The number of carbonyl (C=O) groups excluding carboxylic acids is 2. The van der Waals surface area contributed by atoms with Crippen molar-refractivity contribution in [2.24, 2.45) is 5.92 Å². The summed E-state index contributed by atoms with van der Waals surface area (Å²) in [6, 6.07) is 6.60. The molecule has 1 aliphatic rings. The number of ether oxygens (including phenoxy) is 1. The van der Waals surface area contributed by atoms with Crippen LogP contribution < -0.4 is 4.74 Å². The van der Waals surface area contributed by atoms with Crippen molar-refractivity contribution < 1.29 is 24.5 Å². The summed E-state index contributed by atoms with van der Waals surface area (Å²) in [5.74, 6) is 5.02. The van der Waals surface area contributed by atoms with Gasteiger partial charge in [0.1, 0.15) is 17.8 Å². The van der Waals surface area contributed by atoms with Crippen molar-refractivity contribution in [1.82, 2.24) is 19.8 Å². The summed E-state index contributed by atoms with van der Waals surface area (Å²) in [5.41, 5.74) is 1.37. The van der Waals surface area contributed by atoms with Crippen molar-refractivity contribution in [3.63, 3.8) is 0 Å². The first-order valence-electron chi connectivity index (χ1n) is 11.6. The third-order valence-electron chi connectivity index (χ3n) is 5.88. The van der Waals surface area contributed by atoms with Gasteiger partial charge in [-0.15, -0.1) is 0 Å². The number of aromatic nitrogens is 2. The maximum atomic E-state index is 13.4. The number of nitrogens with zero attached hydrogens (tertiary/aromatic N) is 4. The molecule has 0 bridgehead atoms. The molecule has 0 aromatic carbocycles. The van der Waals surface area contributed by atoms with Crippen molar-refractivity contribution in [2.75, 3.05) is 26.7 Å². The number of aliphatic hydroxyl groups excluding tert-OH is 2. The highest BCUT2D eigenvalue weighted by Crippen LogP contribution is 2.27. The van der Waals surface area contributed by atoms with Crippen LogP contribution in [0, 0.1) is 17.8 Å². The average molecular weight is 481 g/mol. The molecule has 2 amide bonds. The van der Waals surface area contributed by atoms with Gasteiger partial charge < -0.3 is 24.7 Å². The zero-order valence-corrected chi connectivity index (χ0v) is 20.5. The molecule has 3 heterocycles. The largest absolute Gasteiger partial charge is 0.472 e. The monoisotopic (exact) mass is 480 g/mol. The predicted molar refractivity (Wildman–Crippen MR) is 130 cm³/mol. The van der Waals surface area contributed by atoms with E-state index < -0.39 is 18.2 Å². The first kappa shape index (κ1) is 26.1. The van der Waals surface area contributed by atoms with Crippen molar-refractivity contribution in [3.05, 3.63) is 53.5 Å². The molecule has 186 valence electrons. The van der Waals surface area contributed by atoms with E-state index in [2.05, 4.69) is 21.8 Å². The molecule has 0 saturated carbocycles. The van der Waals surface area contributed by atoms with Crippen LogP contribution in [0.5, 0.6) is 5.88 Å². The Morgan fingerprint density at radius 3 is 2.77 bits per heavy atom. The molecule has 35 heavy (non-hydrogen) atoms. The number of fused-ring (bicyclic) bond motifs is 1. The number of hydrogen-bond acceptors (Lipinski definition) is 7. The van der Waals surface area contributed by atoms with E-state index in [-0.39, 0.29) is 48.7 Å². The Kier molecular flexibility index (Phi) is 8.79. The third kappa shape index (κ3) is 6.78. The van der Waals surface area contributed by atoms with E-state index in [1.807, 2.05) is 13.0 Å². The van der Waals surface area contributed by atoms with Crippen LogP contribution in [-0.2, 0) is 11.2 Å². The lowest BCUT2D eigenvalue weighted by atomic mass is 9.99. The van der Waals surface area contributed by atoms with Gasteiger partial charge in [0.05, 0.1) is 25.6 Å². The summed E-state index contributed by atoms with van der Waals surface area (Å²) in [6.07, 6.45) is 2.04. The lowest BCUT2D eigenvalue weighted by Crippen LogP contribution is -2.50. The van der Waals surface area contributed by atoms with Crippen molar-refractivity contribution in [3.8, 4) is 17.7 Å². The normalized spacial score (nSPS) is 19.3. The molecule has 4 atom stereocenters. The molecule has 0 unspecified atom stereocenters. The fourth-order valence-corrected chi connectivity index (χ4v) is 3.74. The Balaban J connectivity index is 1.89. The van der Waals surface area contributed by atoms with Gasteiger partial charge in [-0.2, -0.15) is 0 Å². The number of rotatable bonds is 6. The zero-order chi connectivity index (χ0) is 25.5. The molecular formula is C26H32N4O5. The lowest BCUT2D eigenvalue weighted by molar-refractivity contribution is -0.130. The van der Waals surface area contributed by atoms with Crippen LogP contribution in [0.4, 0.5) is 0 Å². The third-order valence-corrected chi connectivity index (χ3v) is 5.88. The van der Waals surface area contributed by atoms with Crippen LogP contribution in [0.1, 0.15) is 42.4 Å². The standard InChI is InChI=1S/C26H32N4O5/c1-17-14-30(18(2)16-31)26(34)22-11-20(9-8-19(3)32)13-28-25(22)35-23(17)15-29(4)24(33)12-21-7-5-6-10-27-21/h5-7,10-11,13,17-19,23,31-32H,12,14-16H2,1-4H3/t17-,18+,19+,23-/m1/s1. The topological polar surface area (TPSA) is 116 Å². The van der Waals surface area contributed by atoms with Crippen LogP contribution in [0.25, 0.3) is 0 Å². The van der Waals surface area contributed by atoms with Gasteiger partial charge in [-0.05, 0) is 32.0 Å². The first-order chi connectivity index (χ1) is 16.7. The number of aliphatic hydroxyl groups is 2. The fraction of sp³-hybridized carbons (Fsp3) is 0.462. The highest BCUT2D eigenvalue weighted by molar-refractivity contribution is 5.97. The molecule has 1 aliphatic heterocycles. The van der Waals surface area contributed by atoms with Gasteiger partial charge in [0.15, 0.2) is 0 Å². The van der Waals surface area contributed by atoms with Crippen molar-refractivity contribution >= 4 is 11.8 Å². The van der Waals surface area contributed by atoms with Gasteiger partial charge in [0.25, 0.3) is 5.91 Å². The second kappa shape index (κ2) is 11.8. The van der Waals surface area contributed by atoms with E-state index >= 15 is 0 Å². The average Bonchev–Trinajstić information content (AvgIpc) is 2.84. The highest BCUT2D eigenvalue weighted by Gasteiger charge is 2.34. The lowest BCUT2D eigenvalue weighted by Gasteiger charge is -2.37. The summed E-state index contributed by atoms with van der Waals surface area (Å²) in [5, 5.41) is 19.2. The van der Waals surface area contributed by atoms with E-state index in [9.17, 15) is 19.8 Å². The summed E-state index contributed by atoms with van der Waals surface area (Å²) >= 11 is 0. The molecular weight excluding hydrogens is 448 g/mol. The van der Waals surface area contributed by atoms with E-state index in [0.717, 1.165) is 0 Å². The number of pyridine rings is 2. The van der Waals surface area contributed by atoms with Crippen LogP contribution in [0.3, 0.4) is 0 Å². The van der Waals surface area contributed by atoms with Gasteiger partial charge in [0.2, 0.25) is 11.8 Å². The molecule has 3 rings (SSSR count). The van der Waals surface area contributed by atoms with Gasteiger partial charge in [-0.25, -0.2) is 4.98 Å². The first-order valence-corrected chi connectivity index (χ1v) is 11.6. The second-order valence-electron chi connectivity index (χ2n) is 8.92. The minimum atomic E-state index is -0.820. The van der Waals surface area contributed by atoms with Gasteiger partial charge in [0, 0.05) is 43.2 Å². The quantitative estimate of drug-likeness (QED) is 0.596. The number of likely N-dealkylation sites (N-methyl/N-ethyl adjacent to an activating group) is 1. The highest BCUT2D eigenvalue weighted by atomic mass is 16.5. The molecule has 9 heteroatoms. The second-order valence-corrected chi connectivity index (χ2v) is 8.92. The van der Waals surface area contributed by atoms with E-state index in [1.54, 1.807) is 55.1 Å². The van der Waals surface area contributed by atoms with E-state index in [1.165, 1.54) is 6.20 Å². The fourth-order valence-electron chi connectivity index (χ4n) is 3.74. The number of amides is 2. The van der Waals surface area contributed by atoms with E-state index in [4.69, 9.17) is 4.74 Å². The molecule has 9 nitrogen and oxygen atoms in total. The Morgan fingerprint density at radius 1 is 1.34 bits per heavy atom. The molecule has 0 spiro atoms. The SMILES string of the molecule is C[C@H](O)C#Cc1cnc2c(c1)C(=O)N([C@@H](C)CO)C[C@@H](C)[C@@H](CN(C)C(=O)Cc1ccccn1)O2. The Morgan fingerprint density at radius 2 is 2.11 bits per heavy atom. The van der Waals surface area contributed by atoms with E-state index in [0.29, 0.717) is 17.8 Å². The zero-order valence-electron chi connectivity index (χ0n) is 20.5. The smallest absolute Gasteiger partial charge is 0.259 e. The summed E-state index contributed by atoms with van der Waals surface area (Å²) in [4.78, 5) is 38.0. The summed E-state index contributed by atoms with van der Waals surface area (Å²) in [7, 11) is 1.71. The van der Waals surface area contributed by atoms with Crippen molar-refractivity contribution in [1.29, 1.82) is 0 Å². The number of hydrogen-bond donors (Lipinski definition) is 2. The molecule has 0 aliphatic carbocycles. The predicted octanol–water partition coefficient (Wildman–Crippen LogP) is 1.13. The Labute approximate surface area is 205 Å². The minimum absolute atomic E-state index is 0.102. The van der Waals surface area contributed by atoms with Gasteiger partial charge in [-0.3, -0.25) is 14.6 Å². The maximum absolute atomic E-state index is 13.4. The summed E-state index contributed by atoms with van der Waals surface area (Å²) < 4.78 is 6.20. The van der Waals surface area contributed by atoms with Crippen LogP contribution in [0.15, 0.2) is 36.7 Å². The molecule has 0 radical (unpaired) electrons. The molecule has 2 N–H and O–H groups in total. The molecule has 2 aromatic rings. The van der Waals surface area contributed by atoms with Crippen LogP contribution >= 0.6 is 0 Å². The Bertz CT molecular complexity index is 1100. The maximum Gasteiger partial charge on any atom is 0.259 e. The minimum Gasteiger partial charge on any atom is -0.472 e. The number of carbonyl (C=O) groups is 2. The molecule has 0 saturated heterocycles. The van der Waals surface area contributed by atoms with Gasteiger partial charge in [-0.1, -0.05) is 24.8 Å². The van der Waals surface area contributed by atoms with Crippen LogP contribution in [0.2, 0.25) is 0 Å².